The molecule has 1 aromatic heterocycles. The Morgan fingerprint density at radius 3 is 2.56 bits per heavy atom. The molecule has 2 atom stereocenters. The highest BCUT2D eigenvalue weighted by molar-refractivity contribution is 6.08. The van der Waals surface area contributed by atoms with Crippen molar-refractivity contribution in [3.63, 3.8) is 0 Å². The summed E-state index contributed by atoms with van der Waals surface area (Å²) >= 11 is 0. The third kappa shape index (κ3) is 4.43. The molecule has 2 unspecified atom stereocenters. The van der Waals surface area contributed by atoms with Crippen molar-refractivity contribution in [3.05, 3.63) is 35.4 Å². The summed E-state index contributed by atoms with van der Waals surface area (Å²) in [6.07, 6.45) is 1.74. The summed E-state index contributed by atoms with van der Waals surface area (Å²) < 4.78 is 15.6. The largest absolute Gasteiger partial charge is 0.467 e. The van der Waals surface area contributed by atoms with Crippen LogP contribution >= 0.6 is 0 Å². The number of amides is 5. The van der Waals surface area contributed by atoms with E-state index in [0.717, 1.165) is 4.90 Å². The number of nitrogens with zero attached hydrogens (tertiary/aromatic N) is 1. The van der Waals surface area contributed by atoms with Crippen LogP contribution in [0.15, 0.2) is 34.1 Å². The van der Waals surface area contributed by atoms with E-state index in [1.165, 1.54) is 6.26 Å². The van der Waals surface area contributed by atoms with Crippen molar-refractivity contribution in [2.24, 2.45) is 0 Å². The fraction of sp³-hybridized carbons (Fsp3) is 0.450. The molecule has 3 N–H and O–H groups in total. The predicted octanol–water partition coefficient (Wildman–Crippen LogP) is 0.714. The van der Waals surface area contributed by atoms with Crippen LogP contribution in [0, 0.1) is 0 Å². The monoisotopic (exact) mass is 448 g/mol. The molecular weight excluding hydrogens is 424 g/mol. The lowest BCUT2D eigenvalue weighted by molar-refractivity contribution is -0.147. The van der Waals surface area contributed by atoms with Gasteiger partial charge in [-0.1, -0.05) is 6.92 Å². The molecule has 0 aromatic carbocycles. The average Bonchev–Trinajstić information content (AvgIpc) is 3.36. The van der Waals surface area contributed by atoms with Crippen molar-refractivity contribution in [1.29, 1.82) is 0 Å². The van der Waals surface area contributed by atoms with Crippen molar-refractivity contribution in [1.82, 2.24) is 20.9 Å². The Hall–Kier alpha value is -3.83. The second-order valence-electron chi connectivity index (χ2n) is 7.33. The van der Waals surface area contributed by atoms with Gasteiger partial charge in [-0.3, -0.25) is 14.5 Å². The van der Waals surface area contributed by atoms with Crippen LogP contribution in [0.2, 0.25) is 0 Å². The summed E-state index contributed by atoms with van der Waals surface area (Å²) in [6, 6.07) is 0.868. The molecule has 0 saturated carbocycles. The van der Waals surface area contributed by atoms with Crippen LogP contribution in [0.3, 0.4) is 0 Å². The molecule has 32 heavy (non-hydrogen) atoms. The topological polar surface area (TPSA) is 156 Å². The van der Waals surface area contributed by atoms with Gasteiger partial charge in [-0.05, 0) is 32.4 Å². The van der Waals surface area contributed by atoms with E-state index in [1.54, 1.807) is 32.9 Å². The quantitative estimate of drug-likeness (QED) is 0.388. The first-order chi connectivity index (χ1) is 15.2. The van der Waals surface area contributed by atoms with E-state index in [9.17, 15) is 24.0 Å². The molecule has 1 aromatic rings. The SMILES string of the molecule is CCOC(=O)C1=C(COC(=O)CN2C(=O)NC(C)(CC)C2=O)NC(=O)NC1c1ccco1. The molecular formula is C20H24N4O8. The van der Waals surface area contributed by atoms with Gasteiger partial charge in [-0.2, -0.15) is 0 Å². The molecule has 12 nitrogen and oxygen atoms in total. The number of nitrogens with one attached hydrogen (secondary N) is 3. The smallest absolute Gasteiger partial charge is 0.338 e. The zero-order valence-electron chi connectivity index (χ0n) is 17.9. The van der Waals surface area contributed by atoms with Crippen molar-refractivity contribution < 1.29 is 37.9 Å². The number of hydrogen-bond donors (Lipinski definition) is 3. The van der Waals surface area contributed by atoms with Crippen LogP contribution in [0.1, 0.15) is 39.0 Å². The van der Waals surface area contributed by atoms with Crippen molar-refractivity contribution in [2.45, 2.75) is 38.8 Å². The first kappa shape index (κ1) is 22.8. The number of rotatable bonds is 8. The van der Waals surface area contributed by atoms with Crippen LogP contribution in [-0.2, 0) is 23.9 Å². The van der Waals surface area contributed by atoms with Crippen LogP contribution in [-0.4, -0.2) is 60.1 Å². The highest BCUT2D eigenvalue weighted by atomic mass is 16.5. The van der Waals surface area contributed by atoms with E-state index < -0.39 is 54.6 Å². The van der Waals surface area contributed by atoms with E-state index in [2.05, 4.69) is 16.0 Å². The van der Waals surface area contributed by atoms with Crippen LogP contribution in [0.5, 0.6) is 0 Å². The molecule has 2 aliphatic rings. The van der Waals surface area contributed by atoms with Crippen molar-refractivity contribution >= 4 is 29.9 Å². The van der Waals surface area contributed by atoms with E-state index >= 15 is 0 Å². The standard InChI is InChI=1S/C20H24N4O8/c1-4-20(3)17(27)24(19(29)23-20)9-13(25)32-10-11-14(16(26)30-5-2)15(22-18(28)21-11)12-7-6-8-31-12/h6-8,15H,4-5,9-10H2,1-3H3,(H,23,29)(H2,21,22,28). The Bertz CT molecular complexity index is 970. The van der Waals surface area contributed by atoms with Gasteiger partial charge in [0.2, 0.25) is 0 Å². The zero-order valence-corrected chi connectivity index (χ0v) is 17.9. The molecule has 2 aliphatic heterocycles. The van der Waals surface area contributed by atoms with Crippen LogP contribution in [0.4, 0.5) is 9.59 Å². The van der Waals surface area contributed by atoms with Crippen molar-refractivity contribution in [2.75, 3.05) is 19.8 Å². The summed E-state index contributed by atoms with van der Waals surface area (Å²) in [7, 11) is 0. The molecule has 3 heterocycles. The number of furan rings is 1. The summed E-state index contributed by atoms with van der Waals surface area (Å²) in [5.41, 5.74) is -1.09. The highest BCUT2D eigenvalue weighted by Crippen LogP contribution is 2.28. The number of hydrogen-bond acceptors (Lipinski definition) is 8. The van der Waals surface area contributed by atoms with Crippen LogP contribution < -0.4 is 16.0 Å². The molecule has 172 valence electrons. The minimum absolute atomic E-state index is 0.00227. The predicted molar refractivity (Wildman–Crippen MR) is 107 cm³/mol. The Morgan fingerprint density at radius 1 is 1.22 bits per heavy atom. The number of carbonyl (C=O) groups is 5. The number of esters is 2. The first-order valence-electron chi connectivity index (χ1n) is 10.0. The second kappa shape index (κ2) is 9.12. The van der Waals surface area contributed by atoms with E-state index in [4.69, 9.17) is 13.9 Å². The van der Waals surface area contributed by atoms with Gasteiger partial charge >= 0.3 is 24.0 Å². The maximum absolute atomic E-state index is 12.6. The Balaban J connectivity index is 1.77. The number of imide groups is 1. The molecule has 1 saturated heterocycles. The lowest BCUT2D eigenvalue weighted by atomic mass is 9.99. The van der Waals surface area contributed by atoms with Gasteiger partial charge in [0.25, 0.3) is 5.91 Å². The number of urea groups is 2. The molecule has 3 rings (SSSR count). The Kier molecular flexibility index (Phi) is 6.51. The molecule has 1 fully saturated rings. The van der Waals surface area contributed by atoms with Crippen molar-refractivity contribution in [3.8, 4) is 0 Å². The zero-order chi connectivity index (χ0) is 23.5. The Labute approximate surface area is 183 Å². The van der Waals surface area contributed by atoms with Gasteiger partial charge in [0.1, 0.15) is 30.5 Å². The fourth-order valence-corrected chi connectivity index (χ4v) is 3.31. The van der Waals surface area contributed by atoms with Crippen LogP contribution in [0.25, 0.3) is 0 Å². The molecule has 0 spiro atoms. The number of carbonyl (C=O) groups excluding carboxylic acids is 5. The van der Waals surface area contributed by atoms with Gasteiger partial charge in [-0.15, -0.1) is 0 Å². The summed E-state index contributed by atoms with van der Waals surface area (Å²) in [5, 5.41) is 7.54. The average molecular weight is 448 g/mol. The van der Waals surface area contributed by atoms with Gasteiger partial charge in [0.05, 0.1) is 24.1 Å². The lowest BCUT2D eigenvalue weighted by Gasteiger charge is -2.27. The third-order valence-corrected chi connectivity index (χ3v) is 5.19. The maximum Gasteiger partial charge on any atom is 0.338 e. The van der Waals surface area contributed by atoms with Gasteiger partial charge in [0, 0.05) is 0 Å². The normalized spacial score (nSPS) is 22.9. The molecule has 0 aliphatic carbocycles. The fourth-order valence-electron chi connectivity index (χ4n) is 3.31. The molecule has 12 heteroatoms. The molecule has 0 bridgehead atoms. The maximum atomic E-state index is 12.6. The molecule has 0 radical (unpaired) electrons. The Morgan fingerprint density at radius 2 is 1.97 bits per heavy atom. The third-order valence-electron chi connectivity index (χ3n) is 5.19. The lowest BCUT2D eigenvalue weighted by Crippen LogP contribution is -2.47. The van der Waals surface area contributed by atoms with E-state index in [1.807, 2.05) is 0 Å². The van der Waals surface area contributed by atoms with Gasteiger partial charge in [0.15, 0.2) is 0 Å². The van der Waals surface area contributed by atoms with Gasteiger partial charge in [-0.25, -0.2) is 14.4 Å². The summed E-state index contributed by atoms with van der Waals surface area (Å²) in [5.74, 6) is -1.89. The minimum atomic E-state index is -1.09. The van der Waals surface area contributed by atoms with E-state index in [-0.39, 0.29) is 23.6 Å². The number of ether oxygens (including phenoxy) is 2. The van der Waals surface area contributed by atoms with E-state index in [0.29, 0.717) is 6.42 Å². The summed E-state index contributed by atoms with van der Waals surface area (Å²) in [4.78, 5) is 62.3. The van der Waals surface area contributed by atoms with Gasteiger partial charge < -0.3 is 29.8 Å². The first-order valence-corrected chi connectivity index (χ1v) is 10.0. The second-order valence-corrected chi connectivity index (χ2v) is 7.33. The highest BCUT2D eigenvalue weighted by Gasteiger charge is 2.47. The summed E-state index contributed by atoms with van der Waals surface area (Å²) in [6.45, 7) is 3.89. The minimum Gasteiger partial charge on any atom is -0.467 e. The molecule has 5 amide bonds.